The molecule has 31 heavy (non-hydrogen) atoms. The highest BCUT2D eigenvalue weighted by atomic mass is 19.4. The van der Waals surface area contributed by atoms with Crippen molar-refractivity contribution in [3.05, 3.63) is 53.3 Å². The molecule has 0 atom stereocenters. The molecule has 1 fully saturated rings. The van der Waals surface area contributed by atoms with Crippen molar-refractivity contribution in [1.29, 1.82) is 0 Å². The number of aryl methyl sites for hydroxylation is 1. The van der Waals surface area contributed by atoms with Crippen LogP contribution in [0.15, 0.2) is 36.5 Å². The summed E-state index contributed by atoms with van der Waals surface area (Å²) in [4.78, 5) is 18.4. The lowest BCUT2D eigenvalue weighted by Gasteiger charge is -2.23. The van der Waals surface area contributed by atoms with Gasteiger partial charge in [-0.3, -0.25) is 4.79 Å². The lowest BCUT2D eigenvalue weighted by atomic mass is 10.1. The Morgan fingerprint density at radius 2 is 1.94 bits per heavy atom. The van der Waals surface area contributed by atoms with Gasteiger partial charge in [-0.05, 0) is 13.0 Å². The first-order valence-electron chi connectivity index (χ1n) is 10.1. The maximum absolute atomic E-state index is 13.7. The quantitative estimate of drug-likeness (QED) is 0.636. The molecule has 10 heteroatoms. The topological polar surface area (TPSA) is 73.0 Å². The number of quaternary nitrogens is 1. The fraction of sp³-hybridized carbons (Fsp3) is 0.381. The maximum atomic E-state index is 13.7. The lowest BCUT2D eigenvalue weighted by molar-refractivity contribution is -0.906. The SMILES string of the molecule is Cc1ccc(-c2cc(C(F)(F)F)n3ncc(C(=O)NCC[NH+]4CCOCC4)c3n2)cc1. The minimum atomic E-state index is -4.65. The van der Waals surface area contributed by atoms with Gasteiger partial charge in [-0.2, -0.15) is 18.3 Å². The van der Waals surface area contributed by atoms with E-state index in [1.165, 1.54) is 4.90 Å². The van der Waals surface area contributed by atoms with Gasteiger partial charge in [0, 0.05) is 5.56 Å². The van der Waals surface area contributed by atoms with Gasteiger partial charge in [0.15, 0.2) is 11.3 Å². The summed E-state index contributed by atoms with van der Waals surface area (Å²) in [5, 5.41) is 6.58. The molecule has 2 aromatic heterocycles. The summed E-state index contributed by atoms with van der Waals surface area (Å²) in [5.74, 6) is -0.496. The van der Waals surface area contributed by atoms with Crippen LogP contribution < -0.4 is 10.2 Å². The molecule has 1 amide bonds. The van der Waals surface area contributed by atoms with Crippen molar-refractivity contribution in [3.63, 3.8) is 0 Å². The Hall–Kier alpha value is -2.98. The van der Waals surface area contributed by atoms with Crippen LogP contribution in [-0.2, 0) is 10.9 Å². The lowest BCUT2D eigenvalue weighted by Crippen LogP contribution is -3.14. The van der Waals surface area contributed by atoms with E-state index < -0.39 is 17.8 Å². The first kappa shape index (κ1) is 21.3. The number of carbonyl (C=O) groups is 1. The number of ether oxygens (including phenoxy) is 1. The summed E-state index contributed by atoms with van der Waals surface area (Å²) < 4.78 is 47.1. The molecule has 1 aliphatic rings. The highest BCUT2D eigenvalue weighted by molar-refractivity contribution is 5.99. The van der Waals surface area contributed by atoms with E-state index in [9.17, 15) is 18.0 Å². The van der Waals surface area contributed by atoms with E-state index in [2.05, 4.69) is 15.4 Å². The van der Waals surface area contributed by atoms with Crippen LogP contribution in [0, 0.1) is 6.92 Å². The molecule has 164 valence electrons. The number of alkyl halides is 3. The van der Waals surface area contributed by atoms with E-state index in [-0.39, 0.29) is 16.9 Å². The van der Waals surface area contributed by atoms with Crippen LogP contribution in [0.25, 0.3) is 16.9 Å². The Morgan fingerprint density at radius 3 is 2.61 bits per heavy atom. The summed E-state index contributed by atoms with van der Waals surface area (Å²) in [7, 11) is 0. The Kier molecular flexibility index (Phi) is 5.92. The van der Waals surface area contributed by atoms with Crippen molar-refractivity contribution in [2.75, 3.05) is 39.4 Å². The second-order valence-electron chi connectivity index (χ2n) is 7.55. The second kappa shape index (κ2) is 8.64. The third-order valence-electron chi connectivity index (χ3n) is 5.32. The number of amides is 1. The van der Waals surface area contributed by atoms with Crippen LogP contribution in [-0.4, -0.2) is 59.9 Å². The Morgan fingerprint density at radius 1 is 1.23 bits per heavy atom. The molecule has 0 bridgehead atoms. The van der Waals surface area contributed by atoms with Gasteiger partial charge >= 0.3 is 6.18 Å². The maximum Gasteiger partial charge on any atom is 0.433 e. The van der Waals surface area contributed by atoms with Crippen molar-refractivity contribution in [2.45, 2.75) is 13.1 Å². The molecule has 0 spiro atoms. The average Bonchev–Trinajstić information content (AvgIpc) is 3.17. The van der Waals surface area contributed by atoms with Gasteiger partial charge in [-0.25, -0.2) is 9.50 Å². The molecule has 1 aliphatic heterocycles. The fourth-order valence-electron chi connectivity index (χ4n) is 3.56. The number of nitrogens with one attached hydrogen (secondary N) is 2. The zero-order valence-electron chi connectivity index (χ0n) is 17.0. The van der Waals surface area contributed by atoms with Crippen LogP contribution in [0.5, 0.6) is 0 Å². The Bertz CT molecular complexity index is 1070. The van der Waals surface area contributed by atoms with Crippen LogP contribution >= 0.6 is 0 Å². The number of aromatic nitrogens is 3. The first-order valence-corrected chi connectivity index (χ1v) is 10.1. The first-order chi connectivity index (χ1) is 14.8. The fourth-order valence-corrected chi connectivity index (χ4v) is 3.56. The van der Waals surface area contributed by atoms with Gasteiger partial charge in [-0.15, -0.1) is 0 Å². The molecule has 7 nitrogen and oxygen atoms in total. The second-order valence-corrected chi connectivity index (χ2v) is 7.55. The molecule has 1 aromatic carbocycles. The molecule has 4 rings (SSSR count). The van der Waals surface area contributed by atoms with Crippen molar-refractivity contribution >= 4 is 11.6 Å². The standard InChI is InChI=1S/C21H22F3N5O2/c1-14-2-4-15(5-3-14)17-12-18(21(22,23)24)29-19(27-17)16(13-26-29)20(30)25-6-7-28-8-10-31-11-9-28/h2-5,12-13H,6-11H2,1H3,(H,25,30)/p+1. The summed E-state index contributed by atoms with van der Waals surface area (Å²) in [6.45, 7) is 6.09. The van der Waals surface area contributed by atoms with Crippen LogP contribution in [0.2, 0.25) is 0 Å². The molecule has 0 radical (unpaired) electrons. The summed E-state index contributed by atoms with van der Waals surface area (Å²) in [6, 6.07) is 7.96. The zero-order valence-corrected chi connectivity index (χ0v) is 17.0. The number of hydrogen-bond donors (Lipinski definition) is 2. The third kappa shape index (κ3) is 4.70. The number of benzene rings is 1. The molecule has 3 heterocycles. The van der Waals surface area contributed by atoms with E-state index in [0.717, 1.165) is 30.9 Å². The smallest absolute Gasteiger partial charge is 0.370 e. The summed E-state index contributed by atoms with van der Waals surface area (Å²) in [5.41, 5.74) is 0.546. The van der Waals surface area contributed by atoms with Gasteiger partial charge < -0.3 is 15.0 Å². The van der Waals surface area contributed by atoms with E-state index in [1.807, 2.05) is 6.92 Å². The summed E-state index contributed by atoms with van der Waals surface area (Å²) in [6.07, 6.45) is -3.52. The molecule has 0 saturated carbocycles. The molecule has 0 aliphatic carbocycles. The monoisotopic (exact) mass is 434 g/mol. The number of fused-ring (bicyclic) bond motifs is 1. The van der Waals surface area contributed by atoms with Gasteiger partial charge in [0.2, 0.25) is 0 Å². The van der Waals surface area contributed by atoms with Crippen LogP contribution in [0.3, 0.4) is 0 Å². The van der Waals surface area contributed by atoms with Gasteiger partial charge in [0.25, 0.3) is 5.91 Å². The van der Waals surface area contributed by atoms with E-state index in [4.69, 9.17) is 4.74 Å². The number of nitrogens with zero attached hydrogens (tertiary/aromatic N) is 3. The van der Waals surface area contributed by atoms with Gasteiger partial charge in [0.05, 0.1) is 38.2 Å². The van der Waals surface area contributed by atoms with Crippen molar-refractivity contribution in [2.24, 2.45) is 0 Å². The van der Waals surface area contributed by atoms with E-state index in [0.29, 0.717) is 36.4 Å². The van der Waals surface area contributed by atoms with Gasteiger partial charge in [-0.1, -0.05) is 29.8 Å². The molecular weight excluding hydrogens is 411 g/mol. The predicted octanol–water partition coefficient (Wildman–Crippen LogP) is 1.37. The zero-order chi connectivity index (χ0) is 22.0. The molecule has 2 N–H and O–H groups in total. The number of halogens is 3. The Balaban J connectivity index is 1.63. The molecular formula is C21H23F3N5O2+. The number of hydrogen-bond acceptors (Lipinski definition) is 4. The minimum absolute atomic E-state index is 0.0106. The van der Waals surface area contributed by atoms with Crippen molar-refractivity contribution in [3.8, 4) is 11.3 Å². The normalized spacial score (nSPS) is 15.4. The molecule has 0 unspecified atom stereocenters. The highest BCUT2D eigenvalue weighted by Gasteiger charge is 2.36. The largest absolute Gasteiger partial charge is 0.433 e. The third-order valence-corrected chi connectivity index (χ3v) is 5.32. The van der Waals surface area contributed by atoms with Crippen molar-refractivity contribution in [1.82, 2.24) is 19.9 Å². The number of rotatable bonds is 5. The predicted molar refractivity (Wildman–Crippen MR) is 107 cm³/mol. The summed E-state index contributed by atoms with van der Waals surface area (Å²) >= 11 is 0. The average molecular weight is 434 g/mol. The highest BCUT2D eigenvalue weighted by Crippen LogP contribution is 2.32. The van der Waals surface area contributed by atoms with Crippen LogP contribution in [0.4, 0.5) is 13.2 Å². The molecule has 3 aromatic rings. The van der Waals surface area contributed by atoms with Crippen LogP contribution in [0.1, 0.15) is 21.6 Å². The van der Waals surface area contributed by atoms with E-state index in [1.54, 1.807) is 24.3 Å². The van der Waals surface area contributed by atoms with Crippen molar-refractivity contribution < 1.29 is 27.6 Å². The van der Waals surface area contributed by atoms with E-state index >= 15 is 0 Å². The Labute approximate surface area is 176 Å². The number of morpholine rings is 1. The molecule has 1 saturated heterocycles. The number of carbonyl (C=O) groups excluding carboxylic acids is 1. The van der Waals surface area contributed by atoms with Gasteiger partial charge in [0.1, 0.15) is 18.7 Å². The minimum Gasteiger partial charge on any atom is -0.370 e.